The van der Waals surface area contributed by atoms with E-state index in [1.165, 1.54) is 6.20 Å². The first-order valence-corrected chi connectivity index (χ1v) is 4.90. The highest BCUT2D eigenvalue weighted by molar-refractivity contribution is 5.96. The molecular formula is C9H14N4O2. The molecule has 1 amide bonds. The number of carbonyl (C=O) groups excluding carboxylic acids is 1. The molecule has 1 aromatic rings. The molecule has 1 unspecified atom stereocenters. The highest BCUT2D eigenvalue weighted by atomic mass is 16.5. The van der Waals surface area contributed by atoms with E-state index < -0.39 is 5.91 Å². The number of hydrogen-bond donors (Lipinski definition) is 2. The van der Waals surface area contributed by atoms with Crippen molar-refractivity contribution >= 4 is 11.7 Å². The Balaban J connectivity index is 2.24. The van der Waals surface area contributed by atoms with Crippen LogP contribution in [0.3, 0.4) is 0 Å². The number of ether oxygens (including phenoxy) is 1. The van der Waals surface area contributed by atoms with Crippen molar-refractivity contribution in [1.29, 1.82) is 0 Å². The zero-order valence-corrected chi connectivity index (χ0v) is 8.35. The molecule has 2 rings (SSSR count). The molecule has 1 aliphatic rings. The van der Waals surface area contributed by atoms with Gasteiger partial charge < -0.3 is 16.2 Å². The average molecular weight is 210 g/mol. The lowest BCUT2D eigenvalue weighted by Gasteiger charge is -2.23. The summed E-state index contributed by atoms with van der Waals surface area (Å²) in [6.45, 7) is 1.37. The van der Waals surface area contributed by atoms with E-state index in [1.54, 1.807) is 4.68 Å². The summed E-state index contributed by atoms with van der Waals surface area (Å²) < 4.78 is 6.95. The van der Waals surface area contributed by atoms with Gasteiger partial charge in [-0.25, -0.2) is 4.68 Å². The summed E-state index contributed by atoms with van der Waals surface area (Å²) in [5.74, 6) is -0.214. The fraction of sp³-hybridized carbons (Fsp3) is 0.556. The summed E-state index contributed by atoms with van der Waals surface area (Å²) in [5.41, 5.74) is 11.2. The summed E-state index contributed by atoms with van der Waals surface area (Å²) in [5, 5.41) is 4.07. The van der Waals surface area contributed by atoms with E-state index in [4.69, 9.17) is 16.2 Å². The Hall–Kier alpha value is -1.56. The van der Waals surface area contributed by atoms with Crippen LogP contribution < -0.4 is 11.5 Å². The molecule has 6 heteroatoms. The summed E-state index contributed by atoms with van der Waals surface area (Å²) >= 11 is 0. The van der Waals surface area contributed by atoms with Gasteiger partial charge in [0.25, 0.3) is 5.91 Å². The fourth-order valence-electron chi connectivity index (χ4n) is 1.77. The number of aromatic nitrogens is 2. The summed E-state index contributed by atoms with van der Waals surface area (Å²) in [6, 6.07) is 0.117. The number of carbonyl (C=O) groups is 1. The average Bonchev–Trinajstić information content (AvgIpc) is 2.61. The van der Waals surface area contributed by atoms with Gasteiger partial charge >= 0.3 is 0 Å². The maximum absolute atomic E-state index is 11.0. The number of nitrogens with zero attached hydrogens (tertiary/aromatic N) is 2. The monoisotopic (exact) mass is 210 g/mol. The van der Waals surface area contributed by atoms with Crippen LogP contribution in [-0.2, 0) is 4.74 Å². The zero-order valence-electron chi connectivity index (χ0n) is 8.35. The van der Waals surface area contributed by atoms with Gasteiger partial charge in [0, 0.05) is 6.61 Å². The van der Waals surface area contributed by atoms with E-state index in [2.05, 4.69) is 5.10 Å². The van der Waals surface area contributed by atoms with E-state index in [1.807, 2.05) is 0 Å². The van der Waals surface area contributed by atoms with Crippen LogP contribution >= 0.6 is 0 Å². The largest absolute Gasteiger partial charge is 0.383 e. The van der Waals surface area contributed by atoms with Crippen molar-refractivity contribution in [2.45, 2.75) is 18.9 Å². The topological polar surface area (TPSA) is 96.2 Å². The first kappa shape index (κ1) is 9.97. The van der Waals surface area contributed by atoms with Crippen molar-refractivity contribution in [2.24, 2.45) is 5.73 Å². The van der Waals surface area contributed by atoms with Gasteiger partial charge in [-0.05, 0) is 12.8 Å². The lowest BCUT2D eigenvalue weighted by Crippen LogP contribution is -2.24. The van der Waals surface area contributed by atoms with Crippen LogP contribution in [0, 0.1) is 0 Å². The molecule has 0 aromatic carbocycles. The lowest BCUT2D eigenvalue weighted by atomic mass is 10.1. The second-order valence-electron chi connectivity index (χ2n) is 3.62. The second-order valence-corrected chi connectivity index (χ2v) is 3.62. The first-order chi connectivity index (χ1) is 7.20. The highest BCUT2D eigenvalue weighted by Gasteiger charge is 2.21. The highest BCUT2D eigenvalue weighted by Crippen LogP contribution is 2.23. The molecule has 82 valence electrons. The number of rotatable bonds is 2. The van der Waals surface area contributed by atoms with Gasteiger partial charge in [0.1, 0.15) is 11.4 Å². The number of primary amides is 1. The predicted octanol–water partition coefficient (Wildman–Crippen LogP) is -0.0843. The van der Waals surface area contributed by atoms with Crippen LogP contribution in [0.1, 0.15) is 29.2 Å². The zero-order chi connectivity index (χ0) is 10.8. The van der Waals surface area contributed by atoms with Crippen LogP contribution in [0.2, 0.25) is 0 Å². The molecule has 0 spiro atoms. The number of anilines is 1. The van der Waals surface area contributed by atoms with Crippen molar-refractivity contribution in [2.75, 3.05) is 18.9 Å². The van der Waals surface area contributed by atoms with Crippen molar-refractivity contribution in [1.82, 2.24) is 9.78 Å². The van der Waals surface area contributed by atoms with Crippen molar-refractivity contribution in [3.05, 3.63) is 11.8 Å². The second kappa shape index (κ2) is 3.90. The summed E-state index contributed by atoms with van der Waals surface area (Å²) in [6.07, 6.45) is 3.35. The molecule has 1 fully saturated rings. The summed E-state index contributed by atoms with van der Waals surface area (Å²) in [4.78, 5) is 11.0. The molecule has 0 bridgehead atoms. The van der Waals surface area contributed by atoms with Crippen LogP contribution in [0.5, 0.6) is 0 Å². The van der Waals surface area contributed by atoms with Crippen LogP contribution in [0.25, 0.3) is 0 Å². The van der Waals surface area contributed by atoms with E-state index in [0.717, 1.165) is 19.4 Å². The van der Waals surface area contributed by atoms with Crippen molar-refractivity contribution in [3.8, 4) is 0 Å². The maximum Gasteiger partial charge on any atom is 0.254 e. The van der Waals surface area contributed by atoms with Gasteiger partial charge in [-0.15, -0.1) is 0 Å². The Morgan fingerprint density at radius 1 is 1.67 bits per heavy atom. The molecule has 15 heavy (non-hydrogen) atoms. The summed E-state index contributed by atoms with van der Waals surface area (Å²) in [7, 11) is 0. The van der Waals surface area contributed by atoms with Crippen molar-refractivity contribution < 1.29 is 9.53 Å². The SMILES string of the molecule is NC(=O)c1cnn(C2CCCOC2)c1N. The first-order valence-electron chi connectivity index (χ1n) is 4.90. The third-order valence-corrected chi connectivity index (χ3v) is 2.58. The smallest absolute Gasteiger partial charge is 0.254 e. The van der Waals surface area contributed by atoms with E-state index in [-0.39, 0.29) is 11.6 Å². The van der Waals surface area contributed by atoms with Crippen LogP contribution in [0.15, 0.2) is 6.20 Å². The quantitative estimate of drug-likeness (QED) is 0.713. The lowest BCUT2D eigenvalue weighted by molar-refractivity contribution is 0.0557. The molecule has 1 aliphatic heterocycles. The Morgan fingerprint density at radius 2 is 2.47 bits per heavy atom. The van der Waals surface area contributed by atoms with Gasteiger partial charge in [0.15, 0.2) is 0 Å². The van der Waals surface area contributed by atoms with Gasteiger partial charge in [0.05, 0.1) is 18.8 Å². The fourth-order valence-corrected chi connectivity index (χ4v) is 1.77. The van der Waals surface area contributed by atoms with E-state index in [0.29, 0.717) is 12.4 Å². The maximum atomic E-state index is 11.0. The molecular weight excluding hydrogens is 196 g/mol. The third-order valence-electron chi connectivity index (χ3n) is 2.58. The molecule has 1 aromatic heterocycles. The molecule has 0 saturated carbocycles. The molecule has 1 atom stereocenters. The minimum Gasteiger partial charge on any atom is -0.383 e. The third kappa shape index (κ3) is 1.80. The Morgan fingerprint density at radius 3 is 3.00 bits per heavy atom. The number of amides is 1. The minimum absolute atomic E-state index is 0.117. The molecule has 0 aliphatic carbocycles. The van der Waals surface area contributed by atoms with Gasteiger partial charge in [0.2, 0.25) is 0 Å². The normalized spacial score (nSPS) is 21.5. The molecule has 4 N–H and O–H groups in total. The number of nitrogens with two attached hydrogens (primary N) is 2. The Labute approximate surface area is 87.2 Å². The van der Waals surface area contributed by atoms with E-state index in [9.17, 15) is 4.79 Å². The minimum atomic E-state index is -0.546. The number of nitrogen functional groups attached to an aromatic ring is 1. The standard InChI is InChI=1S/C9H14N4O2/c10-8-7(9(11)14)4-12-13(8)6-2-1-3-15-5-6/h4,6H,1-3,5,10H2,(H2,11,14). The molecule has 0 radical (unpaired) electrons. The van der Waals surface area contributed by atoms with E-state index >= 15 is 0 Å². The van der Waals surface area contributed by atoms with Crippen LogP contribution in [0.4, 0.5) is 5.82 Å². The predicted molar refractivity (Wildman–Crippen MR) is 54.2 cm³/mol. The number of hydrogen-bond acceptors (Lipinski definition) is 4. The van der Waals surface area contributed by atoms with Gasteiger partial charge in [-0.1, -0.05) is 0 Å². The molecule has 6 nitrogen and oxygen atoms in total. The van der Waals surface area contributed by atoms with Gasteiger partial charge in [-0.2, -0.15) is 5.10 Å². The van der Waals surface area contributed by atoms with Crippen molar-refractivity contribution in [3.63, 3.8) is 0 Å². The Kier molecular flexibility index (Phi) is 2.59. The molecule has 2 heterocycles. The molecule has 1 saturated heterocycles. The Bertz CT molecular complexity index is 368. The van der Waals surface area contributed by atoms with Crippen LogP contribution in [-0.4, -0.2) is 28.9 Å². The van der Waals surface area contributed by atoms with Gasteiger partial charge in [-0.3, -0.25) is 4.79 Å².